The van der Waals surface area contributed by atoms with Crippen molar-refractivity contribution >= 4 is 5.82 Å². The number of hydrogen-bond donors (Lipinski definition) is 0. The van der Waals surface area contributed by atoms with Gasteiger partial charge in [-0.2, -0.15) is 18.3 Å². The van der Waals surface area contributed by atoms with Gasteiger partial charge < -0.3 is 9.64 Å². The second kappa shape index (κ2) is 6.78. The van der Waals surface area contributed by atoms with Gasteiger partial charge in [-0.05, 0) is 32.8 Å². The summed E-state index contributed by atoms with van der Waals surface area (Å²) in [7, 11) is 0. The number of aryl methyl sites for hydroxylation is 1. The molecule has 1 aliphatic carbocycles. The summed E-state index contributed by atoms with van der Waals surface area (Å²) in [6.45, 7) is 3.90. The van der Waals surface area contributed by atoms with Crippen LogP contribution in [0.2, 0.25) is 0 Å². The third-order valence-corrected chi connectivity index (χ3v) is 5.12. The van der Waals surface area contributed by atoms with Crippen LogP contribution in [0.15, 0.2) is 12.3 Å². The maximum absolute atomic E-state index is 12.9. The summed E-state index contributed by atoms with van der Waals surface area (Å²) >= 11 is 0. The Hall–Kier alpha value is -2.16. The molecule has 3 heterocycles. The van der Waals surface area contributed by atoms with Gasteiger partial charge in [-0.15, -0.1) is 0 Å². The summed E-state index contributed by atoms with van der Waals surface area (Å²) in [6, 6.07) is 1.64. The van der Waals surface area contributed by atoms with Crippen molar-refractivity contribution in [3.05, 3.63) is 35.0 Å². The molecule has 0 bridgehead atoms. The molecular weight excluding hydrogens is 359 g/mol. The van der Waals surface area contributed by atoms with Gasteiger partial charge in [0.25, 0.3) is 0 Å². The highest BCUT2D eigenvalue weighted by molar-refractivity contribution is 5.45. The van der Waals surface area contributed by atoms with Gasteiger partial charge in [-0.1, -0.05) is 0 Å². The molecule has 2 aromatic rings. The van der Waals surface area contributed by atoms with Gasteiger partial charge in [0.15, 0.2) is 0 Å². The minimum Gasteiger partial charge on any atom is -0.377 e. The Bertz CT molecular complexity index is 831. The number of rotatable bonds is 4. The molecule has 2 fully saturated rings. The third-order valence-electron chi connectivity index (χ3n) is 5.12. The van der Waals surface area contributed by atoms with Crippen LogP contribution in [-0.4, -0.2) is 45.7 Å². The van der Waals surface area contributed by atoms with Gasteiger partial charge >= 0.3 is 6.18 Å². The van der Waals surface area contributed by atoms with Crippen molar-refractivity contribution in [3.63, 3.8) is 0 Å². The predicted molar refractivity (Wildman–Crippen MR) is 92.7 cm³/mol. The summed E-state index contributed by atoms with van der Waals surface area (Å²) in [5.41, 5.74) is 1.89. The van der Waals surface area contributed by atoms with E-state index < -0.39 is 12.7 Å². The number of aromatic nitrogens is 4. The van der Waals surface area contributed by atoms with Crippen LogP contribution < -0.4 is 4.90 Å². The second-order valence-electron chi connectivity index (χ2n) is 7.19. The molecule has 1 atom stereocenters. The SMILES string of the molecule is Cc1nn(CC(F)(F)F)c(C)c1C1COCCN1c1ccnc(C2CC2)n1. The first-order valence-corrected chi connectivity index (χ1v) is 9.11. The molecule has 0 aromatic carbocycles. The van der Waals surface area contributed by atoms with E-state index in [1.807, 2.05) is 6.07 Å². The fourth-order valence-corrected chi connectivity index (χ4v) is 3.70. The fourth-order valence-electron chi connectivity index (χ4n) is 3.70. The Kier molecular flexibility index (Phi) is 4.57. The summed E-state index contributed by atoms with van der Waals surface area (Å²) < 4.78 is 45.3. The number of alkyl halides is 3. The molecule has 1 saturated carbocycles. The van der Waals surface area contributed by atoms with Crippen molar-refractivity contribution in [1.82, 2.24) is 19.7 Å². The van der Waals surface area contributed by atoms with E-state index in [1.54, 1.807) is 20.0 Å². The van der Waals surface area contributed by atoms with Crippen molar-refractivity contribution in [2.24, 2.45) is 0 Å². The van der Waals surface area contributed by atoms with Crippen molar-refractivity contribution in [2.75, 3.05) is 24.7 Å². The maximum atomic E-state index is 12.9. The van der Waals surface area contributed by atoms with Crippen LogP contribution in [0.3, 0.4) is 0 Å². The van der Waals surface area contributed by atoms with Gasteiger partial charge in [0.2, 0.25) is 0 Å². The lowest BCUT2D eigenvalue weighted by Crippen LogP contribution is -2.40. The number of morpholine rings is 1. The molecular formula is C18H22F3N5O. The van der Waals surface area contributed by atoms with Crippen molar-refractivity contribution < 1.29 is 17.9 Å². The highest BCUT2D eigenvalue weighted by atomic mass is 19.4. The standard InChI is InChI=1S/C18H22F3N5O/c1-11-16(12(2)26(24-11)10-18(19,20)21)14-9-27-8-7-25(14)15-5-6-22-17(23-15)13-3-4-13/h5-6,13-14H,3-4,7-10H2,1-2H3. The molecule has 1 saturated heterocycles. The number of ether oxygens (including phenoxy) is 1. The summed E-state index contributed by atoms with van der Waals surface area (Å²) in [5, 5.41) is 4.14. The van der Waals surface area contributed by atoms with Gasteiger partial charge in [-0.25, -0.2) is 9.97 Å². The molecule has 0 amide bonds. The first kappa shape index (κ1) is 18.2. The van der Waals surface area contributed by atoms with Crippen molar-refractivity contribution in [2.45, 2.75) is 51.4 Å². The number of halogens is 3. The van der Waals surface area contributed by atoms with Gasteiger partial charge in [0.1, 0.15) is 18.2 Å². The summed E-state index contributed by atoms with van der Waals surface area (Å²) in [5.74, 6) is 2.07. The number of anilines is 1. The van der Waals surface area contributed by atoms with E-state index in [4.69, 9.17) is 9.72 Å². The Labute approximate surface area is 155 Å². The van der Waals surface area contributed by atoms with E-state index in [2.05, 4.69) is 15.0 Å². The molecule has 1 aliphatic heterocycles. The second-order valence-corrected chi connectivity index (χ2v) is 7.19. The minimum absolute atomic E-state index is 0.220. The number of hydrogen-bond acceptors (Lipinski definition) is 5. The minimum atomic E-state index is -4.31. The van der Waals surface area contributed by atoms with E-state index in [0.29, 0.717) is 37.1 Å². The van der Waals surface area contributed by atoms with Crippen LogP contribution in [0.1, 0.15) is 47.6 Å². The molecule has 2 aliphatic rings. The molecule has 9 heteroatoms. The summed E-state index contributed by atoms with van der Waals surface area (Å²) in [6.07, 6.45) is -0.332. The highest BCUT2D eigenvalue weighted by Gasteiger charge is 2.35. The Morgan fingerprint density at radius 2 is 2.04 bits per heavy atom. The van der Waals surface area contributed by atoms with E-state index in [0.717, 1.165) is 34.7 Å². The quantitative estimate of drug-likeness (QED) is 0.813. The fraction of sp³-hybridized carbons (Fsp3) is 0.611. The van der Waals surface area contributed by atoms with E-state index >= 15 is 0 Å². The first-order valence-electron chi connectivity index (χ1n) is 9.11. The lowest BCUT2D eigenvalue weighted by molar-refractivity contribution is -0.142. The lowest BCUT2D eigenvalue weighted by atomic mass is 10.0. The van der Waals surface area contributed by atoms with Crippen LogP contribution >= 0.6 is 0 Å². The maximum Gasteiger partial charge on any atom is 0.408 e. The average Bonchev–Trinajstić information content (AvgIpc) is 3.42. The third kappa shape index (κ3) is 3.78. The Balaban J connectivity index is 1.68. The molecule has 0 spiro atoms. The largest absolute Gasteiger partial charge is 0.408 e. The Morgan fingerprint density at radius 1 is 1.26 bits per heavy atom. The van der Waals surface area contributed by atoms with E-state index in [1.165, 1.54) is 0 Å². The van der Waals surface area contributed by atoms with E-state index in [9.17, 15) is 13.2 Å². The van der Waals surface area contributed by atoms with E-state index in [-0.39, 0.29) is 6.04 Å². The molecule has 146 valence electrons. The molecule has 1 unspecified atom stereocenters. The van der Waals surface area contributed by atoms with Crippen LogP contribution in [0.4, 0.5) is 19.0 Å². The molecule has 27 heavy (non-hydrogen) atoms. The van der Waals surface area contributed by atoms with Gasteiger partial charge in [-0.3, -0.25) is 4.68 Å². The topological polar surface area (TPSA) is 56.1 Å². The van der Waals surface area contributed by atoms with Gasteiger partial charge in [0.05, 0.1) is 24.9 Å². The Morgan fingerprint density at radius 3 is 2.74 bits per heavy atom. The molecule has 6 nitrogen and oxygen atoms in total. The molecule has 0 radical (unpaired) electrons. The summed E-state index contributed by atoms with van der Waals surface area (Å²) in [4.78, 5) is 11.2. The zero-order valence-corrected chi connectivity index (χ0v) is 15.3. The zero-order valence-electron chi connectivity index (χ0n) is 15.3. The highest BCUT2D eigenvalue weighted by Crippen LogP contribution is 2.39. The molecule has 4 rings (SSSR count). The monoisotopic (exact) mass is 381 g/mol. The number of nitrogens with zero attached hydrogens (tertiary/aromatic N) is 5. The normalized spacial score (nSPS) is 20.9. The van der Waals surface area contributed by atoms with Crippen LogP contribution in [-0.2, 0) is 11.3 Å². The molecule has 0 N–H and O–H groups in total. The zero-order chi connectivity index (χ0) is 19.2. The van der Waals surface area contributed by atoms with Crippen LogP contribution in [0.25, 0.3) is 0 Å². The first-order chi connectivity index (χ1) is 12.8. The van der Waals surface area contributed by atoms with Crippen LogP contribution in [0, 0.1) is 13.8 Å². The predicted octanol–water partition coefficient (Wildman–Crippen LogP) is 3.31. The van der Waals surface area contributed by atoms with Crippen molar-refractivity contribution in [1.29, 1.82) is 0 Å². The smallest absolute Gasteiger partial charge is 0.377 e. The molecule has 2 aromatic heterocycles. The van der Waals surface area contributed by atoms with Gasteiger partial charge in [0, 0.05) is 29.9 Å². The average molecular weight is 381 g/mol. The lowest BCUT2D eigenvalue weighted by Gasteiger charge is -2.37. The van der Waals surface area contributed by atoms with Crippen molar-refractivity contribution in [3.8, 4) is 0 Å². The van der Waals surface area contributed by atoms with Crippen LogP contribution in [0.5, 0.6) is 0 Å².